The molecule has 5 nitrogen and oxygen atoms in total. The monoisotopic (exact) mass is 437 g/mol. The van der Waals surface area contributed by atoms with E-state index in [0.717, 1.165) is 34.5 Å². The van der Waals surface area contributed by atoms with Gasteiger partial charge < -0.3 is 9.73 Å². The number of hydrogen-bond acceptors (Lipinski definition) is 6. The predicted molar refractivity (Wildman–Crippen MR) is 122 cm³/mol. The number of aromatic nitrogens is 2. The van der Waals surface area contributed by atoms with Crippen molar-refractivity contribution in [3.05, 3.63) is 75.7 Å². The van der Waals surface area contributed by atoms with Crippen LogP contribution in [0.25, 0.3) is 11.1 Å². The second kappa shape index (κ2) is 9.45. The highest BCUT2D eigenvalue weighted by molar-refractivity contribution is 7.98. The molecule has 30 heavy (non-hydrogen) atoms. The molecule has 0 fully saturated rings. The van der Waals surface area contributed by atoms with Crippen LogP contribution in [0.3, 0.4) is 0 Å². The molecular weight excluding hydrogens is 414 g/mol. The average molecular weight is 438 g/mol. The van der Waals surface area contributed by atoms with Gasteiger partial charge >= 0.3 is 0 Å². The highest BCUT2D eigenvalue weighted by Crippen LogP contribution is 2.28. The van der Waals surface area contributed by atoms with Gasteiger partial charge in [-0.1, -0.05) is 54.2 Å². The molecule has 0 aliphatic heterocycles. The van der Waals surface area contributed by atoms with Gasteiger partial charge in [0.05, 0.1) is 5.75 Å². The number of nitrogens with one attached hydrogen (secondary N) is 1. The summed E-state index contributed by atoms with van der Waals surface area (Å²) in [5, 5.41) is 6.35. The quantitative estimate of drug-likeness (QED) is 0.362. The molecule has 7 heteroatoms. The highest BCUT2D eigenvalue weighted by atomic mass is 32.2. The molecule has 1 N–H and O–H groups in total. The first kappa shape index (κ1) is 20.6. The molecule has 1 amide bonds. The van der Waals surface area contributed by atoms with Crippen LogP contribution in [0.15, 0.2) is 63.6 Å². The normalized spacial score (nSPS) is 12.2. The summed E-state index contributed by atoms with van der Waals surface area (Å²) in [5.74, 6) is 0.494. The smallest absolute Gasteiger partial charge is 0.270 e. The van der Waals surface area contributed by atoms with Gasteiger partial charge in [0.25, 0.3) is 11.1 Å². The van der Waals surface area contributed by atoms with Crippen molar-refractivity contribution in [3.8, 4) is 0 Å². The third-order valence-corrected chi connectivity index (χ3v) is 6.66. The maximum Gasteiger partial charge on any atom is 0.270 e. The highest BCUT2D eigenvalue weighted by Gasteiger charge is 2.15. The van der Waals surface area contributed by atoms with E-state index in [4.69, 9.17) is 4.42 Å². The Morgan fingerprint density at radius 2 is 2.00 bits per heavy atom. The summed E-state index contributed by atoms with van der Waals surface area (Å²) in [6.45, 7) is 4.05. The first-order chi connectivity index (χ1) is 14.6. The Hall–Kier alpha value is -2.64. The van der Waals surface area contributed by atoms with Gasteiger partial charge in [0.15, 0.2) is 5.58 Å². The van der Waals surface area contributed by atoms with E-state index in [0.29, 0.717) is 16.7 Å². The van der Waals surface area contributed by atoms with E-state index in [1.54, 1.807) is 0 Å². The zero-order valence-corrected chi connectivity index (χ0v) is 18.6. The van der Waals surface area contributed by atoms with Crippen molar-refractivity contribution >= 4 is 40.1 Å². The van der Waals surface area contributed by atoms with Crippen molar-refractivity contribution in [2.45, 2.75) is 43.7 Å². The van der Waals surface area contributed by atoms with Crippen LogP contribution in [-0.4, -0.2) is 21.9 Å². The summed E-state index contributed by atoms with van der Waals surface area (Å²) in [4.78, 5) is 21.5. The van der Waals surface area contributed by atoms with E-state index < -0.39 is 0 Å². The maximum atomic E-state index is 12.5. The van der Waals surface area contributed by atoms with Gasteiger partial charge in [-0.3, -0.25) is 4.79 Å². The molecule has 1 unspecified atom stereocenters. The van der Waals surface area contributed by atoms with Crippen molar-refractivity contribution in [1.29, 1.82) is 0 Å². The number of carbonyl (C=O) groups is 1. The molecule has 2 aromatic heterocycles. The number of hydrogen-bond donors (Lipinski definition) is 1. The fraction of sp³-hybridized carbons (Fsp3) is 0.261. The number of carbonyl (C=O) groups excluding carboxylic acids is 1. The van der Waals surface area contributed by atoms with Crippen molar-refractivity contribution in [2.75, 3.05) is 0 Å². The molecule has 0 aliphatic carbocycles. The standard InChI is InChI=1S/C23H23N3O2S2/c1-15-7-6-10-19-21(15)26-23(28-19)30-14-20-25-18(13-29-20)22(27)24-16(2)11-12-17-8-4-3-5-9-17/h3-10,13,16H,11-12,14H2,1-2H3,(H,24,27). The van der Waals surface area contributed by atoms with Gasteiger partial charge in [-0.15, -0.1) is 11.3 Å². The van der Waals surface area contributed by atoms with Crippen LogP contribution in [0.2, 0.25) is 0 Å². The topological polar surface area (TPSA) is 68.0 Å². The molecule has 4 aromatic rings. The molecule has 154 valence electrons. The molecule has 0 spiro atoms. The summed E-state index contributed by atoms with van der Waals surface area (Å²) in [5.41, 5.74) is 4.53. The molecule has 0 radical (unpaired) electrons. The SMILES string of the molecule is Cc1cccc2oc(SCc3nc(C(=O)NC(C)CCc4ccccc4)cs3)nc12. The Kier molecular flexibility index (Phi) is 6.50. The second-order valence-electron chi connectivity index (χ2n) is 7.22. The molecule has 0 saturated heterocycles. The van der Waals surface area contributed by atoms with E-state index in [9.17, 15) is 4.79 Å². The van der Waals surface area contributed by atoms with E-state index in [-0.39, 0.29) is 11.9 Å². The lowest BCUT2D eigenvalue weighted by molar-refractivity contribution is 0.0934. The third-order valence-electron chi connectivity index (χ3n) is 4.79. The molecule has 2 heterocycles. The van der Waals surface area contributed by atoms with E-state index in [1.165, 1.54) is 28.7 Å². The lowest BCUT2D eigenvalue weighted by Crippen LogP contribution is -2.33. The number of thioether (sulfide) groups is 1. The fourth-order valence-corrected chi connectivity index (χ4v) is 4.75. The van der Waals surface area contributed by atoms with Crippen LogP contribution in [0.4, 0.5) is 0 Å². The maximum absolute atomic E-state index is 12.5. The van der Waals surface area contributed by atoms with E-state index >= 15 is 0 Å². The van der Waals surface area contributed by atoms with Crippen molar-refractivity contribution in [2.24, 2.45) is 0 Å². The zero-order valence-electron chi connectivity index (χ0n) is 16.9. The summed E-state index contributed by atoms with van der Waals surface area (Å²) in [6, 6.07) is 16.3. The first-order valence-corrected chi connectivity index (χ1v) is 11.7. The van der Waals surface area contributed by atoms with Crippen LogP contribution in [0, 0.1) is 6.92 Å². The summed E-state index contributed by atoms with van der Waals surface area (Å²) >= 11 is 2.97. The lowest BCUT2D eigenvalue weighted by Gasteiger charge is -2.12. The van der Waals surface area contributed by atoms with Crippen LogP contribution in [-0.2, 0) is 12.2 Å². The number of aryl methyl sites for hydroxylation is 2. The Bertz CT molecular complexity index is 1140. The Morgan fingerprint density at radius 1 is 1.17 bits per heavy atom. The van der Waals surface area contributed by atoms with Gasteiger partial charge in [-0.05, 0) is 43.9 Å². The number of rotatable bonds is 8. The Morgan fingerprint density at radius 3 is 2.80 bits per heavy atom. The van der Waals surface area contributed by atoms with E-state index in [2.05, 4.69) is 27.4 Å². The number of benzene rings is 2. The number of nitrogens with zero attached hydrogens (tertiary/aromatic N) is 2. The molecule has 0 bridgehead atoms. The van der Waals surface area contributed by atoms with Crippen molar-refractivity contribution in [1.82, 2.24) is 15.3 Å². The lowest BCUT2D eigenvalue weighted by atomic mass is 10.1. The van der Waals surface area contributed by atoms with E-state index in [1.807, 2.05) is 55.6 Å². The predicted octanol–water partition coefficient (Wildman–Crippen LogP) is 5.64. The summed E-state index contributed by atoms with van der Waals surface area (Å²) in [7, 11) is 0. The molecule has 0 saturated carbocycles. The molecule has 0 aliphatic rings. The number of para-hydroxylation sites is 1. The fourth-order valence-electron chi connectivity index (χ4n) is 3.13. The molecule has 4 rings (SSSR count). The minimum atomic E-state index is -0.124. The van der Waals surface area contributed by atoms with Crippen molar-refractivity contribution in [3.63, 3.8) is 0 Å². The Balaban J connectivity index is 1.29. The minimum Gasteiger partial charge on any atom is -0.431 e. The Labute approximate surface area is 183 Å². The number of amides is 1. The number of fused-ring (bicyclic) bond motifs is 1. The molecular formula is C23H23N3O2S2. The number of thiazole rings is 1. The average Bonchev–Trinajstić information content (AvgIpc) is 3.39. The van der Waals surface area contributed by atoms with Gasteiger partial charge in [0, 0.05) is 11.4 Å². The zero-order chi connectivity index (χ0) is 20.9. The molecule has 1 atom stereocenters. The minimum absolute atomic E-state index is 0.0835. The largest absolute Gasteiger partial charge is 0.431 e. The third kappa shape index (κ3) is 5.09. The van der Waals surface area contributed by atoms with Crippen molar-refractivity contribution < 1.29 is 9.21 Å². The first-order valence-electron chi connectivity index (χ1n) is 9.86. The van der Waals surface area contributed by atoms with Crippen LogP contribution in [0.1, 0.15) is 40.0 Å². The summed E-state index contributed by atoms with van der Waals surface area (Å²) in [6.07, 6.45) is 1.82. The number of oxazole rings is 1. The summed E-state index contributed by atoms with van der Waals surface area (Å²) < 4.78 is 5.79. The second-order valence-corrected chi connectivity index (χ2v) is 9.08. The van der Waals surface area contributed by atoms with Gasteiger partial charge in [-0.2, -0.15) is 0 Å². The molecule has 2 aromatic carbocycles. The van der Waals surface area contributed by atoms with Crippen LogP contribution >= 0.6 is 23.1 Å². The van der Waals surface area contributed by atoms with Gasteiger partial charge in [0.2, 0.25) is 0 Å². The van der Waals surface area contributed by atoms with Gasteiger partial charge in [-0.25, -0.2) is 9.97 Å². The van der Waals surface area contributed by atoms with Crippen LogP contribution < -0.4 is 5.32 Å². The van der Waals surface area contributed by atoms with Gasteiger partial charge in [0.1, 0.15) is 16.2 Å². The van der Waals surface area contributed by atoms with Crippen LogP contribution in [0.5, 0.6) is 0 Å².